The first kappa shape index (κ1) is 15.4. The standard InChI is InChI=1S/C17H22N4O2/c1-19(16(22)15-7-4-9-21(15)17(18)23)11-12-20-10-8-13-5-2-3-6-14(13)20/h2-3,5-6,8,10,15H,4,7,9,11-12H2,1H3,(H2,18,23)/t15-/m0/s1. The van der Waals surface area contributed by atoms with E-state index in [0.717, 1.165) is 18.5 Å². The summed E-state index contributed by atoms with van der Waals surface area (Å²) in [7, 11) is 1.78. The van der Waals surface area contributed by atoms with Crippen molar-refractivity contribution in [2.45, 2.75) is 25.4 Å². The minimum atomic E-state index is -0.509. The number of hydrogen-bond donors (Lipinski definition) is 1. The van der Waals surface area contributed by atoms with Crippen molar-refractivity contribution >= 4 is 22.8 Å². The predicted octanol–water partition coefficient (Wildman–Crippen LogP) is 1.64. The Hall–Kier alpha value is -2.50. The van der Waals surface area contributed by atoms with E-state index in [4.69, 9.17) is 5.73 Å². The summed E-state index contributed by atoms with van der Waals surface area (Å²) in [6.45, 7) is 1.89. The van der Waals surface area contributed by atoms with Crippen molar-refractivity contribution in [2.75, 3.05) is 20.1 Å². The van der Waals surface area contributed by atoms with Crippen LogP contribution in [0.1, 0.15) is 12.8 Å². The van der Waals surface area contributed by atoms with Gasteiger partial charge in [0.25, 0.3) is 0 Å². The van der Waals surface area contributed by atoms with Crippen molar-refractivity contribution in [2.24, 2.45) is 5.73 Å². The van der Waals surface area contributed by atoms with Gasteiger partial charge in [-0.1, -0.05) is 18.2 Å². The number of carbonyl (C=O) groups excluding carboxylic acids is 2. The number of primary amides is 1. The molecular formula is C17H22N4O2. The fourth-order valence-corrected chi connectivity index (χ4v) is 3.25. The van der Waals surface area contributed by atoms with Gasteiger partial charge in [-0.25, -0.2) is 4.79 Å². The van der Waals surface area contributed by atoms with Gasteiger partial charge >= 0.3 is 6.03 Å². The van der Waals surface area contributed by atoms with Crippen molar-refractivity contribution in [3.05, 3.63) is 36.5 Å². The molecule has 1 aliphatic heterocycles. The molecule has 2 N–H and O–H groups in total. The quantitative estimate of drug-likeness (QED) is 0.932. The van der Waals surface area contributed by atoms with Crippen LogP contribution in [0, 0.1) is 0 Å². The maximum Gasteiger partial charge on any atom is 0.315 e. The molecule has 122 valence electrons. The normalized spacial score (nSPS) is 17.6. The molecule has 6 nitrogen and oxygen atoms in total. The molecule has 1 fully saturated rings. The molecule has 23 heavy (non-hydrogen) atoms. The lowest BCUT2D eigenvalue weighted by Gasteiger charge is -2.27. The molecule has 3 amide bonds. The highest BCUT2D eigenvalue weighted by Gasteiger charge is 2.34. The van der Waals surface area contributed by atoms with Crippen LogP contribution in [0.3, 0.4) is 0 Å². The summed E-state index contributed by atoms with van der Waals surface area (Å²) in [4.78, 5) is 27.1. The van der Waals surface area contributed by atoms with E-state index >= 15 is 0 Å². The number of likely N-dealkylation sites (N-methyl/N-ethyl adjacent to an activating group) is 1. The van der Waals surface area contributed by atoms with E-state index in [-0.39, 0.29) is 5.91 Å². The highest BCUT2D eigenvalue weighted by molar-refractivity contribution is 5.87. The monoisotopic (exact) mass is 314 g/mol. The van der Waals surface area contributed by atoms with E-state index < -0.39 is 12.1 Å². The second-order valence-corrected chi connectivity index (χ2v) is 6.02. The number of para-hydroxylation sites is 1. The van der Waals surface area contributed by atoms with E-state index in [2.05, 4.69) is 22.8 Å². The van der Waals surface area contributed by atoms with Crippen LogP contribution >= 0.6 is 0 Å². The highest BCUT2D eigenvalue weighted by Crippen LogP contribution is 2.19. The maximum absolute atomic E-state index is 12.6. The molecule has 1 saturated heterocycles. The van der Waals surface area contributed by atoms with E-state index in [9.17, 15) is 9.59 Å². The fourth-order valence-electron chi connectivity index (χ4n) is 3.25. The molecular weight excluding hydrogens is 292 g/mol. The lowest BCUT2D eigenvalue weighted by atomic mass is 10.2. The lowest BCUT2D eigenvalue weighted by molar-refractivity contribution is -0.133. The number of aromatic nitrogens is 1. The molecule has 0 spiro atoms. The molecule has 0 aliphatic carbocycles. The molecule has 6 heteroatoms. The molecule has 0 radical (unpaired) electrons. The molecule has 3 rings (SSSR count). The first-order valence-corrected chi connectivity index (χ1v) is 7.93. The van der Waals surface area contributed by atoms with Crippen LogP contribution in [-0.2, 0) is 11.3 Å². The van der Waals surface area contributed by atoms with E-state index in [1.54, 1.807) is 11.9 Å². The van der Waals surface area contributed by atoms with Crippen molar-refractivity contribution in [1.82, 2.24) is 14.4 Å². The van der Waals surface area contributed by atoms with Crippen LogP contribution in [0.2, 0.25) is 0 Å². The Morgan fingerprint density at radius 1 is 1.30 bits per heavy atom. The van der Waals surface area contributed by atoms with Gasteiger partial charge in [0.1, 0.15) is 6.04 Å². The first-order chi connectivity index (χ1) is 11.1. The summed E-state index contributed by atoms with van der Waals surface area (Å²) in [6, 6.07) is 9.33. The zero-order valence-electron chi connectivity index (χ0n) is 13.3. The maximum atomic E-state index is 12.6. The molecule has 0 unspecified atom stereocenters. The Kier molecular flexibility index (Phi) is 4.23. The zero-order valence-corrected chi connectivity index (χ0v) is 13.3. The number of rotatable bonds is 4. The third-order valence-corrected chi connectivity index (χ3v) is 4.55. The average molecular weight is 314 g/mol. The number of nitrogens with zero attached hydrogens (tertiary/aromatic N) is 3. The van der Waals surface area contributed by atoms with Crippen molar-refractivity contribution < 1.29 is 9.59 Å². The van der Waals surface area contributed by atoms with Gasteiger partial charge in [-0.2, -0.15) is 0 Å². The number of urea groups is 1. The first-order valence-electron chi connectivity index (χ1n) is 7.93. The largest absolute Gasteiger partial charge is 0.351 e. The summed E-state index contributed by atoms with van der Waals surface area (Å²) in [5, 5.41) is 1.19. The predicted molar refractivity (Wildman–Crippen MR) is 88.9 cm³/mol. The number of benzene rings is 1. The topological polar surface area (TPSA) is 71.6 Å². The second kappa shape index (κ2) is 6.32. The van der Waals surface area contributed by atoms with E-state index in [1.807, 2.05) is 18.3 Å². The average Bonchev–Trinajstić information content (AvgIpc) is 3.19. The van der Waals surface area contributed by atoms with E-state index in [1.165, 1.54) is 10.3 Å². The summed E-state index contributed by atoms with van der Waals surface area (Å²) in [5.41, 5.74) is 6.51. The van der Waals surface area contributed by atoms with Crippen LogP contribution < -0.4 is 5.73 Å². The number of amides is 3. The Morgan fingerprint density at radius 3 is 2.87 bits per heavy atom. The Bertz CT molecular complexity index is 724. The molecule has 0 bridgehead atoms. The Morgan fingerprint density at radius 2 is 2.09 bits per heavy atom. The SMILES string of the molecule is CN(CCn1ccc2ccccc21)C(=O)[C@@H]1CCCN1C(N)=O. The summed E-state index contributed by atoms with van der Waals surface area (Å²) < 4.78 is 2.14. The lowest BCUT2D eigenvalue weighted by Crippen LogP contribution is -2.48. The van der Waals surface area contributed by atoms with Gasteiger partial charge in [0.15, 0.2) is 0 Å². The van der Waals surface area contributed by atoms with Crippen LogP contribution in [0.5, 0.6) is 0 Å². The van der Waals surface area contributed by atoms with Gasteiger partial charge in [0, 0.05) is 38.4 Å². The third-order valence-electron chi connectivity index (χ3n) is 4.55. The number of likely N-dealkylation sites (tertiary alicyclic amines) is 1. The number of fused-ring (bicyclic) bond motifs is 1. The van der Waals surface area contributed by atoms with Gasteiger partial charge < -0.3 is 20.1 Å². The van der Waals surface area contributed by atoms with Crippen molar-refractivity contribution in [1.29, 1.82) is 0 Å². The smallest absolute Gasteiger partial charge is 0.315 e. The van der Waals surface area contributed by atoms with Crippen molar-refractivity contribution in [3.63, 3.8) is 0 Å². The summed E-state index contributed by atoms with van der Waals surface area (Å²) in [6.07, 6.45) is 3.56. The molecule has 1 aromatic carbocycles. The van der Waals surface area contributed by atoms with Crippen molar-refractivity contribution in [3.8, 4) is 0 Å². The van der Waals surface area contributed by atoms with Crippen LogP contribution in [-0.4, -0.2) is 52.5 Å². The van der Waals surface area contributed by atoms with Gasteiger partial charge in [0.2, 0.25) is 5.91 Å². The van der Waals surface area contributed by atoms with Crippen LogP contribution in [0.25, 0.3) is 10.9 Å². The third kappa shape index (κ3) is 3.02. The molecule has 2 aromatic rings. The van der Waals surface area contributed by atoms with Crippen LogP contribution in [0.15, 0.2) is 36.5 Å². The molecule has 1 atom stereocenters. The van der Waals surface area contributed by atoms with Crippen LogP contribution in [0.4, 0.5) is 4.79 Å². The Balaban J connectivity index is 1.64. The minimum Gasteiger partial charge on any atom is -0.351 e. The zero-order chi connectivity index (χ0) is 16.4. The summed E-state index contributed by atoms with van der Waals surface area (Å²) >= 11 is 0. The highest BCUT2D eigenvalue weighted by atomic mass is 16.2. The second-order valence-electron chi connectivity index (χ2n) is 6.02. The minimum absolute atomic E-state index is 0.0299. The van der Waals surface area contributed by atoms with E-state index in [0.29, 0.717) is 19.5 Å². The molecule has 1 aliphatic rings. The van der Waals surface area contributed by atoms with Gasteiger partial charge in [-0.05, 0) is 30.4 Å². The number of carbonyl (C=O) groups is 2. The Labute approximate surface area is 135 Å². The van der Waals surface area contributed by atoms with Gasteiger partial charge in [-0.3, -0.25) is 4.79 Å². The number of nitrogens with two attached hydrogens (primary N) is 1. The summed E-state index contributed by atoms with van der Waals surface area (Å²) in [5.74, 6) is -0.0299. The fraction of sp³-hybridized carbons (Fsp3) is 0.412. The molecule has 0 saturated carbocycles. The van der Waals surface area contributed by atoms with Gasteiger partial charge in [0.05, 0.1) is 0 Å². The van der Waals surface area contributed by atoms with Gasteiger partial charge in [-0.15, -0.1) is 0 Å². The molecule has 2 heterocycles. The number of hydrogen-bond acceptors (Lipinski definition) is 2. The molecule has 1 aromatic heterocycles.